The topological polar surface area (TPSA) is 63.1 Å². The number of benzene rings is 1. The summed E-state index contributed by atoms with van der Waals surface area (Å²) in [4.78, 5) is 15.7. The van der Waals surface area contributed by atoms with Gasteiger partial charge in [-0.3, -0.25) is 4.79 Å². The molecule has 0 bridgehead atoms. The molecular formula is C10H13FNO3+. The highest BCUT2D eigenvalue weighted by Gasteiger charge is 2.17. The average Bonchev–Trinajstić information content (AvgIpc) is 2.17. The van der Waals surface area contributed by atoms with Crippen LogP contribution in [0.2, 0.25) is 0 Å². The number of carbonyl (C=O) groups is 1. The number of halogens is 1. The van der Waals surface area contributed by atoms with Crippen molar-refractivity contribution in [3.8, 4) is 5.75 Å². The molecule has 0 fully saturated rings. The number of nitrogens with two attached hydrogens (primary N) is 1. The summed E-state index contributed by atoms with van der Waals surface area (Å²) in [7, 11) is 1.43. The number of hydrogen-bond acceptors (Lipinski definition) is 3. The smallest absolute Gasteiger partial charge is 0.174 e. The third-order valence-electron chi connectivity index (χ3n) is 1.93. The second kappa shape index (κ2) is 4.86. The number of Topliss-reactive ketones (excluding diaryl/α,β-unsaturated/α-hetero) is 1. The quantitative estimate of drug-likeness (QED) is 0.433. The third-order valence-corrected chi connectivity index (χ3v) is 1.93. The van der Waals surface area contributed by atoms with E-state index in [4.69, 9.17) is 9.94 Å². The molecule has 0 saturated heterocycles. The maximum atomic E-state index is 13.5. The Morgan fingerprint density at radius 1 is 1.60 bits per heavy atom. The Labute approximate surface area is 86.6 Å². The SMILES string of the molecule is CO[NH2+]c1ccc(O)c(F)c1CC(C)=O. The summed E-state index contributed by atoms with van der Waals surface area (Å²) in [6.45, 7) is 1.36. The molecule has 3 N–H and O–H groups in total. The fourth-order valence-electron chi connectivity index (χ4n) is 1.29. The first-order valence-electron chi connectivity index (χ1n) is 4.42. The maximum Gasteiger partial charge on any atom is 0.174 e. The lowest BCUT2D eigenvalue weighted by Crippen LogP contribution is -2.76. The number of phenolic OH excluding ortho intramolecular Hbond substituents is 1. The minimum atomic E-state index is -0.768. The van der Waals surface area contributed by atoms with Gasteiger partial charge in [0.2, 0.25) is 0 Å². The predicted molar refractivity (Wildman–Crippen MR) is 51.0 cm³/mol. The van der Waals surface area contributed by atoms with E-state index in [1.54, 1.807) is 0 Å². The molecule has 1 rings (SSSR count). The van der Waals surface area contributed by atoms with Gasteiger partial charge in [0.05, 0.1) is 12.7 Å². The average molecular weight is 214 g/mol. The Hall–Kier alpha value is -1.46. The van der Waals surface area contributed by atoms with Crippen molar-refractivity contribution in [2.24, 2.45) is 0 Å². The molecule has 1 aromatic carbocycles. The first-order chi connectivity index (χ1) is 7.06. The van der Waals surface area contributed by atoms with Crippen LogP contribution in [0.15, 0.2) is 12.1 Å². The molecule has 0 spiro atoms. The van der Waals surface area contributed by atoms with Gasteiger partial charge in [-0.25, -0.2) is 9.23 Å². The van der Waals surface area contributed by atoms with Gasteiger partial charge in [-0.05, 0) is 13.0 Å². The molecule has 15 heavy (non-hydrogen) atoms. The number of carbonyl (C=O) groups excluding carboxylic acids is 1. The largest absolute Gasteiger partial charge is 0.505 e. The Morgan fingerprint density at radius 2 is 2.27 bits per heavy atom. The molecule has 0 aliphatic carbocycles. The number of phenols is 1. The molecular weight excluding hydrogens is 201 g/mol. The molecule has 0 aromatic heterocycles. The zero-order chi connectivity index (χ0) is 11.4. The zero-order valence-corrected chi connectivity index (χ0v) is 8.58. The van der Waals surface area contributed by atoms with E-state index in [-0.39, 0.29) is 17.8 Å². The van der Waals surface area contributed by atoms with Crippen molar-refractivity contribution in [1.29, 1.82) is 0 Å². The van der Waals surface area contributed by atoms with E-state index in [2.05, 4.69) is 0 Å². The molecule has 82 valence electrons. The molecule has 1 aromatic rings. The molecule has 0 atom stereocenters. The molecule has 5 heteroatoms. The summed E-state index contributed by atoms with van der Waals surface area (Å²) in [6, 6.07) is 2.73. The van der Waals surface area contributed by atoms with Crippen molar-refractivity contribution < 1.29 is 24.6 Å². The van der Waals surface area contributed by atoms with Gasteiger partial charge in [-0.2, -0.15) is 5.48 Å². The monoisotopic (exact) mass is 214 g/mol. The Morgan fingerprint density at radius 3 is 2.80 bits per heavy atom. The molecule has 0 amide bonds. The number of quaternary nitrogens is 1. The molecule has 0 heterocycles. The maximum absolute atomic E-state index is 13.5. The van der Waals surface area contributed by atoms with Gasteiger partial charge < -0.3 is 5.11 Å². The zero-order valence-electron chi connectivity index (χ0n) is 8.58. The van der Waals surface area contributed by atoms with Crippen LogP contribution in [-0.4, -0.2) is 18.0 Å². The lowest BCUT2D eigenvalue weighted by molar-refractivity contribution is -0.830. The van der Waals surface area contributed by atoms with Crippen LogP contribution in [0.4, 0.5) is 10.1 Å². The first-order valence-corrected chi connectivity index (χ1v) is 4.42. The van der Waals surface area contributed by atoms with Crippen LogP contribution in [0.1, 0.15) is 12.5 Å². The highest BCUT2D eigenvalue weighted by atomic mass is 19.1. The fourth-order valence-corrected chi connectivity index (χ4v) is 1.29. The van der Waals surface area contributed by atoms with Crippen LogP contribution < -0.4 is 5.48 Å². The van der Waals surface area contributed by atoms with E-state index < -0.39 is 11.6 Å². The third kappa shape index (κ3) is 2.74. The number of aromatic hydroxyl groups is 1. The van der Waals surface area contributed by atoms with Gasteiger partial charge in [0.25, 0.3) is 0 Å². The second-order valence-corrected chi connectivity index (χ2v) is 3.20. The first kappa shape index (κ1) is 11.6. The van der Waals surface area contributed by atoms with Crippen LogP contribution in [-0.2, 0) is 16.1 Å². The number of ketones is 1. The summed E-state index contributed by atoms with van der Waals surface area (Å²) in [5.41, 5.74) is 1.95. The number of hydrogen-bond donors (Lipinski definition) is 2. The van der Waals surface area contributed by atoms with Gasteiger partial charge in [0, 0.05) is 12.5 Å². The van der Waals surface area contributed by atoms with E-state index in [1.165, 1.54) is 31.6 Å². The van der Waals surface area contributed by atoms with E-state index in [9.17, 15) is 9.18 Å². The summed E-state index contributed by atoms with van der Waals surface area (Å²) < 4.78 is 13.5. The van der Waals surface area contributed by atoms with Crippen molar-refractivity contribution in [2.75, 3.05) is 7.11 Å². The second-order valence-electron chi connectivity index (χ2n) is 3.20. The van der Waals surface area contributed by atoms with Crippen molar-refractivity contribution in [3.63, 3.8) is 0 Å². The highest BCUT2D eigenvalue weighted by molar-refractivity contribution is 5.79. The van der Waals surface area contributed by atoms with Crippen LogP contribution >= 0.6 is 0 Å². The van der Waals surface area contributed by atoms with E-state index in [0.717, 1.165) is 0 Å². The van der Waals surface area contributed by atoms with Gasteiger partial charge >= 0.3 is 0 Å². The highest BCUT2D eigenvalue weighted by Crippen LogP contribution is 2.24. The Bertz CT molecular complexity index is 379. The molecule has 4 nitrogen and oxygen atoms in total. The van der Waals surface area contributed by atoms with Gasteiger partial charge in [-0.15, -0.1) is 0 Å². The van der Waals surface area contributed by atoms with E-state index >= 15 is 0 Å². The minimum Gasteiger partial charge on any atom is -0.505 e. The van der Waals surface area contributed by atoms with Crippen LogP contribution in [0.5, 0.6) is 5.75 Å². The van der Waals surface area contributed by atoms with Crippen molar-refractivity contribution in [2.45, 2.75) is 13.3 Å². The summed E-state index contributed by atoms with van der Waals surface area (Å²) in [5, 5.41) is 9.16. The molecule has 0 unspecified atom stereocenters. The lowest BCUT2D eigenvalue weighted by Gasteiger charge is -2.06. The molecule has 0 aliphatic heterocycles. The van der Waals surface area contributed by atoms with E-state index in [0.29, 0.717) is 5.69 Å². The number of rotatable bonds is 4. The van der Waals surface area contributed by atoms with E-state index in [1.807, 2.05) is 0 Å². The fraction of sp³-hybridized carbons (Fsp3) is 0.300. The molecule has 0 aliphatic rings. The van der Waals surface area contributed by atoms with Crippen molar-refractivity contribution >= 4 is 11.5 Å². The van der Waals surface area contributed by atoms with Crippen LogP contribution in [0, 0.1) is 5.82 Å². The Balaban J connectivity index is 3.15. The van der Waals surface area contributed by atoms with Crippen molar-refractivity contribution in [3.05, 3.63) is 23.5 Å². The van der Waals surface area contributed by atoms with Crippen LogP contribution in [0.25, 0.3) is 0 Å². The lowest BCUT2D eigenvalue weighted by atomic mass is 10.1. The normalized spacial score (nSPS) is 10.3. The van der Waals surface area contributed by atoms with Gasteiger partial charge in [0.15, 0.2) is 17.3 Å². The van der Waals surface area contributed by atoms with Gasteiger partial charge in [0.1, 0.15) is 5.78 Å². The van der Waals surface area contributed by atoms with Crippen LogP contribution in [0.3, 0.4) is 0 Å². The standard InChI is InChI=1S/C10H12FNO3/c1-6(13)5-7-8(12-15-2)3-4-9(14)10(7)11/h3-4,12,14H,5H2,1-2H3/p+1. The Kier molecular flexibility index (Phi) is 3.76. The van der Waals surface area contributed by atoms with Gasteiger partial charge in [-0.1, -0.05) is 0 Å². The summed E-state index contributed by atoms with van der Waals surface area (Å²) in [6.07, 6.45) is -0.0601. The summed E-state index contributed by atoms with van der Waals surface area (Å²) >= 11 is 0. The minimum absolute atomic E-state index is 0.0601. The molecule has 0 saturated carbocycles. The molecule has 0 radical (unpaired) electrons. The van der Waals surface area contributed by atoms with Crippen molar-refractivity contribution in [1.82, 2.24) is 0 Å². The summed E-state index contributed by atoms with van der Waals surface area (Å²) in [5.74, 6) is -1.40. The predicted octanol–water partition coefficient (Wildman–Crippen LogP) is 0.419.